The number of halogens is 1. The summed E-state index contributed by atoms with van der Waals surface area (Å²) in [6.07, 6.45) is -3.35. The van der Waals surface area contributed by atoms with Crippen LogP contribution in [0.3, 0.4) is 0 Å². The van der Waals surface area contributed by atoms with E-state index in [1.807, 2.05) is 6.07 Å². The molecule has 2 aromatic rings. The van der Waals surface area contributed by atoms with E-state index in [0.29, 0.717) is 33.6 Å². The highest BCUT2D eigenvalue weighted by Gasteiger charge is 2.80. The average molecular weight is 884 g/mol. The summed E-state index contributed by atoms with van der Waals surface area (Å²) >= 11 is 7.37. The first kappa shape index (κ1) is 43.5. The van der Waals surface area contributed by atoms with E-state index >= 15 is 0 Å². The highest BCUT2D eigenvalue weighted by molar-refractivity contribution is 6.33. The van der Waals surface area contributed by atoms with Crippen LogP contribution >= 0.6 is 11.6 Å². The monoisotopic (exact) mass is 883 g/mol. The van der Waals surface area contributed by atoms with Crippen LogP contribution in [0.4, 0.5) is 0 Å². The predicted octanol–water partition coefficient (Wildman–Crippen LogP) is 4.18. The molecular formula is C43H46ClNO17. The molecule has 11 atom stereocenters. The molecule has 0 aromatic heterocycles. The van der Waals surface area contributed by atoms with Crippen LogP contribution in [0.25, 0.3) is 0 Å². The lowest BCUT2D eigenvalue weighted by atomic mass is 9.65. The Hall–Kier alpha value is -5.14. The van der Waals surface area contributed by atoms with Crippen molar-refractivity contribution in [3.63, 3.8) is 0 Å². The third kappa shape index (κ3) is 7.69. The number of hydrogen-bond donors (Lipinski definition) is 0. The molecule has 3 heterocycles. The zero-order valence-electron chi connectivity index (χ0n) is 34.6. The number of carbonyl (C=O) groups excluding carboxylic acids is 7. The maximum atomic E-state index is 12.9. The Morgan fingerprint density at radius 1 is 0.790 bits per heavy atom. The number of ether oxygens (including phenoxy) is 7. The summed E-state index contributed by atoms with van der Waals surface area (Å²) in [6.45, 7) is 4.04. The van der Waals surface area contributed by atoms with Crippen molar-refractivity contribution in [1.82, 2.24) is 5.06 Å². The minimum absolute atomic E-state index is 0.00487. The number of rotatable bonds is 13. The van der Waals surface area contributed by atoms with E-state index in [1.54, 1.807) is 18.2 Å². The third-order valence-corrected chi connectivity index (χ3v) is 13.1. The fraction of sp³-hybridized carbons (Fsp3) is 0.558. The summed E-state index contributed by atoms with van der Waals surface area (Å²) in [6, 6.07) is 9.77. The van der Waals surface area contributed by atoms with Gasteiger partial charge in [0.05, 0.1) is 10.6 Å². The molecule has 7 fully saturated rings. The molecule has 0 N–H and O–H groups in total. The Morgan fingerprint density at radius 3 is 2.05 bits per heavy atom. The van der Waals surface area contributed by atoms with Crippen molar-refractivity contribution in [2.24, 2.45) is 23.7 Å². The Labute approximate surface area is 360 Å². The molecule has 62 heavy (non-hydrogen) atoms. The first-order chi connectivity index (χ1) is 29.5. The van der Waals surface area contributed by atoms with Crippen molar-refractivity contribution in [2.75, 3.05) is 13.7 Å². The summed E-state index contributed by atoms with van der Waals surface area (Å²) in [5, 5.41) is 0.512. The number of carbonyl (C=O) groups is 7. The lowest BCUT2D eigenvalue weighted by molar-refractivity contribution is -0.635. The summed E-state index contributed by atoms with van der Waals surface area (Å²) in [7, 11) is 1.52. The highest BCUT2D eigenvalue weighted by atomic mass is 35.5. The maximum absolute atomic E-state index is 12.9. The molecule has 7 aliphatic rings. The Bertz CT molecular complexity index is 2160. The fourth-order valence-electron chi connectivity index (χ4n) is 10.4. The standard InChI is InChI=1S/C43H46ClNO17/c1-20(46)54-19-33-37(55-21(2)47)38(56-22(3)48)39(57-23(4)49)41(59-33)58-32-17-25(12-24-6-8-27(9-7-24)40(52)60-45-34(50)10-11-35(45)51)16-31(36(32)44)43(53-5)42(61-62-43)29-14-26-13-28(18-29)30(42)15-26/h6-9,16-17,26,28-30,33,37-39,41H,10-15,18-19H2,1-5H3/t26?,28?,29?,30?,33?,37-,38?,39?,41+,42?,43?/m0/s1. The van der Waals surface area contributed by atoms with Crippen LogP contribution in [-0.4, -0.2) is 96.7 Å². The van der Waals surface area contributed by atoms with Crippen molar-refractivity contribution in [3.05, 3.63) is 63.7 Å². The SMILES string of the molecule is COC1(c2cc(Cc3ccc(C(=O)ON4C(=O)CCC4=O)cc3)cc(O[C@@H]3OC(COC(C)=O)[C@H](OC(C)=O)C(OC(C)=O)C3OC(C)=O)c2Cl)OOC12C1CC3CC(C1)C2C3. The summed E-state index contributed by atoms with van der Waals surface area (Å²) in [5.74, 6) is -5.46. The van der Waals surface area contributed by atoms with Gasteiger partial charge >= 0.3 is 29.8 Å². The molecule has 4 bridgehead atoms. The molecule has 3 saturated heterocycles. The van der Waals surface area contributed by atoms with E-state index in [0.717, 1.165) is 46.5 Å². The topological polar surface area (TPSA) is 215 Å². The first-order valence-corrected chi connectivity index (χ1v) is 20.8. The maximum Gasteiger partial charge on any atom is 0.363 e. The van der Waals surface area contributed by atoms with Crippen LogP contribution in [0, 0.1) is 23.7 Å². The number of methoxy groups -OCH3 is 1. The normalized spacial score (nSPS) is 32.9. The highest BCUT2D eigenvalue weighted by Crippen LogP contribution is 2.73. The second kappa shape index (κ2) is 16.9. The summed E-state index contributed by atoms with van der Waals surface area (Å²) < 4.78 is 41.2. The minimum Gasteiger partial charge on any atom is -0.463 e. The van der Waals surface area contributed by atoms with Gasteiger partial charge in [0.2, 0.25) is 12.4 Å². The number of hydrogen-bond acceptors (Lipinski definition) is 17. The van der Waals surface area contributed by atoms with Crippen LogP contribution in [0.15, 0.2) is 36.4 Å². The Kier molecular flexibility index (Phi) is 11.8. The van der Waals surface area contributed by atoms with E-state index in [2.05, 4.69) is 0 Å². The molecule has 1 spiro atoms. The van der Waals surface area contributed by atoms with E-state index in [9.17, 15) is 33.6 Å². The molecule has 2 amide bonds. The summed E-state index contributed by atoms with van der Waals surface area (Å²) in [4.78, 5) is 104. The van der Waals surface area contributed by atoms with E-state index in [4.69, 9.17) is 59.4 Å². The number of esters is 4. The molecule has 0 radical (unpaired) electrons. The smallest absolute Gasteiger partial charge is 0.363 e. The first-order valence-electron chi connectivity index (χ1n) is 20.4. The van der Waals surface area contributed by atoms with Crippen LogP contribution in [0.5, 0.6) is 5.75 Å². The van der Waals surface area contributed by atoms with Gasteiger partial charge in [-0.3, -0.25) is 28.8 Å². The van der Waals surface area contributed by atoms with E-state index in [1.165, 1.54) is 26.2 Å². The zero-order chi connectivity index (χ0) is 44.2. The molecule has 19 heteroatoms. The molecule has 4 saturated carbocycles. The fourth-order valence-corrected chi connectivity index (χ4v) is 10.7. The number of nitrogens with zero attached hydrogens (tertiary/aromatic N) is 1. The van der Waals surface area contributed by atoms with Gasteiger partial charge in [0.1, 0.15) is 18.5 Å². The second-order valence-electron chi connectivity index (χ2n) is 16.6. The van der Waals surface area contributed by atoms with Crippen molar-refractivity contribution >= 4 is 53.3 Å². The molecular weight excluding hydrogens is 838 g/mol. The van der Waals surface area contributed by atoms with Gasteiger partial charge in [-0.15, -0.1) is 5.06 Å². The number of imide groups is 1. The second-order valence-corrected chi connectivity index (χ2v) is 17.0. The van der Waals surface area contributed by atoms with Gasteiger partial charge in [-0.2, -0.15) is 4.89 Å². The van der Waals surface area contributed by atoms with Gasteiger partial charge in [-0.05, 0) is 85.3 Å². The third-order valence-electron chi connectivity index (χ3n) is 12.7. The van der Waals surface area contributed by atoms with Gasteiger partial charge < -0.3 is 38.0 Å². The van der Waals surface area contributed by atoms with Crippen LogP contribution in [0.2, 0.25) is 5.02 Å². The van der Waals surface area contributed by atoms with Gasteiger partial charge in [-0.1, -0.05) is 23.7 Å². The van der Waals surface area contributed by atoms with Crippen LogP contribution < -0.4 is 4.74 Å². The predicted molar refractivity (Wildman–Crippen MR) is 206 cm³/mol. The van der Waals surface area contributed by atoms with Crippen LogP contribution in [-0.2, 0) is 84.0 Å². The van der Waals surface area contributed by atoms with Gasteiger partial charge in [0, 0.05) is 59.1 Å². The molecule has 3 aliphatic heterocycles. The molecule has 332 valence electrons. The van der Waals surface area contributed by atoms with E-state index in [-0.39, 0.29) is 47.4 Å². The largest absolute Gasteiger partial charge is 0.463 e. The molecule has 9 rings (SSSR count). The quantitative estimate of drug-likeness (QED) is 0.119. The van der Waals surface area contributed by atoms with Gasteiger partial charge in [0.15, 0.2) is 17.8 Å². The van der Waals surface area contributed by atoms with Crippen molar-refractivity contribution in [3.8, 4) is 5.75 Å². The Morgan fingerprint density at radius 2 is 1.45 bits per heavy atom. The van der Waals surface area contributed by atoms with E-state index < -0.39 is 90.4 Å². The number of amides is 2. The summed E-state index contributed by atoms with van der Waals surface area (Å²) in [5.41, 5.74) is 0.905. The van der Waals surface area contributed by atoms with Gasteiger partial charge in [0.25, 0.3) is 17.6 Å². The van der Waals surface area contributed by atoms with Crippen molar-refractivity contribution in [2.45, 2.75) is 115 Å². The zero-order valence-corrected chi connectivity index (χ0v) is 35.3. The number of hydroxylamine groups is 2. The minimum atomic E-state index is -1.61. The lowest BCUT2D eigenvalue weighted by Crippen LogP contribution is -2.71. The molecule has 18 nitrogen and oxygen atoms in total. The lowest BCUT2D eigenvalue weighted by Gasteiger charge is -2.60. The van der Waals surface area contributed by atoms with Crippen molar-refractivity contribution < 1.29 is 81.3 Å². The molecule has 4 aliphatic carbocycles. The molecule has 9 unspecified atom stereocenters. The average Bonchev–Trinajstić information content (AvgIpc) is 3.77. The van der Waals surface area contributed by atoms with Gasteiger partial charge in [-0.25, -0.2) is 9.68 Å². The molecule has 2 aromatic carbocycles. The number of benzene rings is 2. The van der Waals surface area contributed by atoms with Crippen LogP contribution in [0.1, 0.15) is 93.3 Å². The van der Waals surface area contributed by atoms with Crippen molar-refractivity contribution in [1.29, 1.82) is 0 Å². The Balaban J connectivity index is 1.18.